The number of nitrogens with zero attached hydrogens (tertiary/aromatic N) is 3. The van der Waals surface area contributed by atoms with E-state index in [-0.39, 0.29) is 12.3 Å². The quantitative estimate of drug-likeness (QED) is 0.692. The van der Waals surface area contributed by atoms with Crippen LogP contribution in [-0.4, -0.2) is 16.1 Å². The third-order valence-electron chi connectivity index (χ3n) is 0.846. The smallest absolute Gasteiger partial charge is 0.240 e. The molecule has 56 valence electrons. The normalized spacial score (nSPS) is 8.64. The predicted octanol–water partition coefficient (Wildman–Crippen LogP) is 0.390. The highest BCUT2D eigenvalue weighted by molar-refractivity contribution is 7.13. The Morgan fingerprint density at radius 1 is 1.91 bits per heavy atom. The van der Waals surface area contributed by atoms with Gasteiger partial charge >= 0.3 is 0 Å². The minimum atomic E-state index is -0.357. The summed E-state index contributed by atoms with van der Waals surface area (Å²) >= 11 is 1.21. The molecule has 0 fully saturated rings. The second kappa shape index (κ2) is 3.63. The maximum absolute atomic E-state index is 10.7. The van der Waals surface area contributed by atoms with Gasteiger partial charge in [0.15, 0.2) is 0 Å². The highest BCUT2D eigenvalue weighted by Crippen LogP contribution is 2.07. The van der Waals surface area contributed by atoms with E-state index in [1.807, 2.05) is 0 Å². The van der Waals surface area contributed by atoms with Gasteiger partial charge in [0.2, 0.25) is 11.0 Å². The molecule has 6 heteroatoms. The zero-order valence-corrected chi connectivity index (χ0v) is 6.26. The number of nitrogens with one attached hydrogen (secondary N) is 1. The van der Waals surface area contributed by atoms with Crippen LogP contribution in [0.2, 0.25) is 0 Å². The van der Waals surface area contributed by atoms with E-state index in [2.05, 4.69) is 15.5 Å². The molecule has 0 unspecified atom stereocenters. The molecule has 1 heterocycles. The number of carbonyl (C=O) groups excluding carboxylic acids is 1. The largest absolute Gasteiger partial charge is 0.300 e. The molecule has 0 radical (unpaired) electrons. The fourth-order valence-electron chi connectivity index (χ4n) is 0.463. The van der Waals surface area contributed by atoms with Gasteiger partial charge in [-0.05, 0) is 0 Å². The van der Waals surface area contributed by atoms with Gasteiger partial charge in [0, 0.05) is 0 Å². The van der Waals surface area contributed by atoms with E-state index in [0.29, 0.717) is 5.13 Å². The molecule has 0 bridgehead atoms. The lowest BCUT2D eigenvalue weighted by Crippen LogP contribution is -2.09. The molecule has 0 aromatic carbocycles. The summed E-state index contributed by atoms with van der Waals surface area (Å²) in [5.74, 6) is -0.357. The maximum atomic E-state index is 10.7. The SMILES string of the molecule is N#CCC(=O)Nc1nncs1. The Hall–Kier alpha value is -1.48. The minimum absolute atomic E-state index is 0.153. The zero-order valence-electron chi connectivity index (χ0n) is 5.44. The van der Waals surface area contributed by atoms with Crippen LogP contribution in [0, 0.1) is 11.3 Å². The third kappa shape index (κ3) is 2.31. The maximum Gasteiger partial charge on any atom is 0.240 e. The molecule has 0 spiro atoms. The number of hydrogen-bond donors (Lipinski definition) is 1. The summed E-state index contributed by atoms with van der Waals surface area (Å²) in [6.07, 6.45) is -0.153. The van der Waals surface area contributed by atoms with Gasteiger partial charge in [-0.25, -0.2) is 0 Å². The van der Waals surface area contributed by atoms with Crippen molar-refractivity contribution in [3.63, 3.8) is 0 Å². The first-order chi connectivity index (χ1) is 5.33. The molecule has 0 aliphatic heterocycles. The second-order valence-corrected chi connectivity index (χ2v) is 2.46. The van der Waals surface area contributed by atoms with Crippen molar-refractivity contribution in [1.29, 1.82) is 5.26 Å². The molecule has 1 amide bonds. The lowest BCUT2D eigenvalue weighted by atomic mass is 10.4. The van der Waals surface area contributed by atoms with E-state index in [4.69, 9.17) is 5.26 Å². The number of nitriles is 1. The number of rotatable bonds is 2. The second-order valence-electron chi connectivity index (χ2n) is 1.63. The van der Waals surface area contributed by atoms with Gasteiger partial charge in [-0.1, -0.05) is 11.3 Å². The van der Waals surface area contributed by atoms with E-state index < -0.39 is 0 Å². The molecule has 0 saturated heterocycles. The number of hydrogen-bond acceptors (Lipinski definition) is 5. The van der Waals surface area contributed by atoms with E-state index in [9.17, 15) is 4.79 Å². The molecule has 1 aromatic rings. The van der Waals surface area contributed by atoms with Crippen molar-refractivity contribution in [2.75, 3.05) is 5.32 Å². The van der Waals surface area contributed by atoms with E-state index in [1.54, 1.807) is 6.07 Å². The molecule has 0 saturated carbocycles. The summed E-state index contributed by atoms with van der Waals surface area (Å²) in [5.41, 5.74) is 1.50. The Labute approximate surface area is 66.7 Å². The van der Waals surface area contributed by atoms with Crippen molar-refractivity contribution < 1.29 is 4.79 Å². The van der Waals surface area contributed by atoms with Crippen molar-refractivity contribution in [1.82, 2.24) is 10.2 Å². The zero-order chi connectivity index (χ0) is 8.10. The number of carbonyl (C=O) groups is 1. The van der Waals surface area contributed by atoms with E-state index in [1.165, 1.54) is 16.8 Å². The molecule has 5 nitrogen and oxygen atoms in total. The molecule has 0 aliphatic carbocycles. The third-order valence-corrected chi connectivity index (χ3v) is 1.45. The van der Waals surface area contributed by atoms with Crippen LogP contribution in [0.3, 0.4) is 0 Å². The Kier molecular flexibility index (Phi) is 2.52. The van der Waals surface area contributed by atoms with Gasteiger partial charge < -0.3 is 0 Å². The average molecular weight is 168 g/mol. The fourth-order valence-corrected chi connectivity index (χ4v) is 0.924. The van der Waals surface area contributed by atoms with Crippen molar-refractivity contribution in [2.45, 2.75) is 6.42 Å². The highest BCUT2D eigenvalue weighted by atomic mass is 32.1. The van der Waals surface area contributed by atoms with Crippen LogP contribution < -0.4 is 5.32 Å². The standard InChI is InChI=1S/C5H4N4OS/c6-2-1-4(10)8-5-9-7-3-11-5/h3H,1H2,(H,8,9,10). The van der Waals surface area contributed by atoms with E-state index >= 15 is 0 Å². The molecule has 1 N–H and O–H groups in total. The molecule has 0 aliphatic rings. The van der Waals surface area contributed by atoms with Gasteiger partial charge in [-0.15, -0.1) is 10.2 Å². The summed E-state index contributed by atoms with van der Waals surface area (Å²) < 4.78 is 0. The van der Waals surface area contributed by atoms with Crippen LogP contribution in [-0.2, 0) is 4.79 Å². The topological polar surface area (TPSA) is 78.7 Å². The van der Waals surface area contributed by atoms with Gasteiger partial charge in [-0.2, -0.15) is 5.26 Å². The van der Waals surface area contributed by atoms with Gasteiger partial charge in [0.05, 0.1) is 6.07 Å². The van der Waals surface area contributed by atoms with Gasteiger partial charge in [0.25, 0.3) is 0 Å². The van der Waals surface area contributed by atoms with Crippen molar-refractivity contribution >= 4 is 22.4 Å². The summed E-state index contributed by atoms with van der Waals surface area (Å²) in [6, 6.07) is 1.72. The van der Waals surface area contributed by atoms with Crippen molar-refractivity contribution in [2.24, 2.45) is 0 Å². The average Bonchev–Trinajstić information content (AvgIpc) is 2.40. The molecule has 0 atom stereocenters. The van der Waals surface area contributed by atoms with Crippen LogP contribution in [0.4, 0.5) is 5.13 Å². The summed E-state index contributed by atoms with van der Waals surface area (Å²) in [7, 11) is 0. The minimum Gasteiger partial charge on any atom is -0.300 e. The Morgan fingerprint density at radius 3 is 3.27 bits per heavy atom. The fraction of sp³-hybridized carbons (Fsp3) is 0.200. The van der Waals surface area contributed by atoms with Gasteiger partial charge in [0.1, 0.15) is 11.9 Å². The Balaban J connectivity index is 2.45. The molecule has 11 heavy (non-hydrogen) atoms. The predicted molar refractivity (Wildman–Crippen MR) is 38.8 cm³/mol. The lowest BCUT2D eigenvalue weighted by molar-refractivity contribution is -0.115. The molecule has 1 aromatic heterocycles. The van der Waals surface area contributed by atoms with E-state index in [0.717, 1.165) is 0 Å². The molecular weight excluding hydrogens is 164 g/mol. The first-order valence-corrected chi connectivity index (χ1v) is 3.64. The van der Waals surface area contributed by atoms with Crippen LogP contribution in [0.15, 0.2) is 5.51 Å². The van der Waals surface area contributed by atoms with Crippen LogP contribution in [0.5, 0.6) is 0 Å². The van der Waals surface area contributed by atoms with Crippen LogP contribution in [0.1, 0.15) is 6.42 Å². The molecule has 1 rings (SSSR count). The number of aromatic nitrogens is 2. The van der Waals surface area contributed by atoms with Crippen LogP contribution in [0.25, 0.3) is 0 Å². The van der Waals surface area contributed by atoms with Crippen molar-refractivity contribution in [3.8, 4) is 6.07 Å². The highest BCUT2D eigenvalue weighted by Gasteiger charge is 2.02. The summed E-state index contributed by atoms with van der Waals surface area (Å²) in [4.78, 5) is 10.7. The summed E-state index contributed by atoms with van der Waals surface area (Å²) in [6.45, 7) is 0. The van der Waals surface area contributed by atoms with Crippen molar-refractivity contribution in [3.05, 3.63) is 5.51 Å². The lowest BCUT2D eigenvalue weighted by Gasteiger charge is -1.92. The number of amides is 1. The first-order valence-electron chi connectivity index (χ1n) is 2.76. The van der Waals surface area contributed by atoms with Gasteiger partial charge in [-0.3, -0.25) is 10.1 Å². The Morgan fingerprint density at radius 2 is 2.73 bits per heavy atom. The monoisotopic (exact) mass is 168 g/mol. The van der Waals surface area contributed by atoms with Crippen LogP contribution >= 0.6 is 11.3 Å². The molecular formula is C5H4N4OS. The first kappa shape index (κ1) is 7.63. The summed E-state index contributed by atoms with van der Waals surface area (Å²) in [5, 5.41) is 18.0. The Bertz CT molecular complexity index is 275. The number of anilines is 1.